The lowest BCUT2D eigenvalue weighted by Crippen LogP contribution is -1.88. The number of benzene rings is 1. The topological polar surface area (TPSA) is 12.0 Å². The smallest absolute Gasteiger partial charge is 0.150 e. The number of anilines is 1. The largest absolute Gasteiger partial charge is 0.314 e. The van der Waals surface area contributed by atoms with Crippen molar-refractivity contribution in [1.82, 2.24) is 0 Å². The Morgan fingerprint density at radius 2 is 2.09 bits per heavy atom. The van der Waals surface area contributed by atoms with Crippen LogP contribution in [0.1, 0.15) is 0 Å². The fourth-order valence-corrected chi connectivity index (χ4v) is 1.11. The highest BCUT2D eigenvalue weighted by atomic mass is 35.7. The van der Waals surface area contributed by atoms with Crippen molar-refractivity contribution in [2.45, 2.75) is 0 Å². The second kappa shape index (κ2) is 3.78. The first-order chi connectivity index (χ1) is 5.24. The van der Waals surface area contributed by atoms with Gasteiger partial charge in [-0.25, -0.2) is 8.78 Å². The molecular formula is C6H4ClF2NS. The second-order valence-electron chi connectivity index (χ2n) is 1.80. The van der Waals surface area contributed by atoms with Gasteiger partial charge in [0.1, 0.15) is 11.6 Å². The summed E-state index contributed by atoms with van der Waals surface area (Å²) in [6, 6.07) is 3.22. The minimum Gasteiger partial charge on any atom is -0.314 e. The molecular weight excluding hydrogens is 192 g/mol. The van der Waals surface area contributed by atoms with E-state index in [1.807, 2.05) is 0 Å². The first-order valence-corrected chi connectivity index (χ1v) is 4.37. The fourth-order valence-electron chi connectivity index (χ4n) is 0.614. The third-order valence-corrected chi connectivity index (χ3v) is 1.61. The van der Waals surface area contributed by atoms with E-state index in [9.17, 15) is 8.78 Å². The molecule has 0 aliphatic heterocycles. The molecule has 0 fully saturated rings. The molecule has 0 spiro atoms. The Morgan fingerprint density at radius 3 is 2.64 bits per heavy atom. The molecule has 1 aromatic carbocycles. The van der Waals surface area contributed by atoms with Crippen LogP contribution in [0, 0.1) is 11.6 Å². The molecule has 0 unspecified atom stereocenters. The van der Waals surface area contributed by atoms with Crippen molar-refractivity contribution in [3.8, 4) is 0 Å². The van der Waals surface area contributed by atoms with Gasteiger partial charge in [-0.15, -0.1) is 0 Å². The highest BCUT2D eigenvalue weighted by molar-refractivity contribution is 8.22. The standard InChI is InChI=1S/C6H4ClF2NS/c7-11-10-6-2-1-4(8)3-5(6)9/h1-3,10H. The number of halogens is 3. The highest BCUT2D eigenvalue weighted by Gasteiger charge is 2.01. The van der Waals surface area contributed by atoms with E-state index in [4.69, 9.17) is 10.7 Å². The van der Waals surface area contributed by atoms with Crippen molar-refractivity contribution in [2.75, 3.05) is 4.72 Å². The summed E-state index contributed by atoms with van der Waals surface area (Å²) in [6.45, 7) is 0. The second-order valence-corrected chi connectivity index (χ2v) is 2.62. The summed E-state index contributed by atoms with van der Waals surface area (Å²) in [5.41, 5.74) is 0.173. The Balaban J connectivity index is 2.90. The van der Waals surface area contributed by atoms with Gasteiger partial charge in [-0.3, -0.25) is 0 Å². The fraction of sp³-hybridized carbons (Fsp3) is 0. The molecule has 0 aliphatic rings. The molecule has 1 rings (SSSR count). The molecule has 60 valence electrons. The summed E-state index contributed by atoms with van der Waals surface area (Å²) in [5, 5.41) is 0. The quantitative estimate of drug-likeness (QED) is 0.728. The molecule has 1 aromatic rings. The van der Waals surface area contributed by atoms with Crippen molar-refractivity contribution in [3.05, 3.63) is 29.8 Å². The van der Waals surface area contributed by atoms with E-state index in [1.165, 1.54) is 6.07 Å². The number of hydrogen-bond donors (Lipinski definition) is 1. The lowest BCUT2D eigenvalue weighted by atomic mass is 10.3. The Labute approximate surface area is 71.4 Å². The number of rotatable bonds is 2. The molecule has 11 heavy (non-hydrogen) atoms. The Kier molecular flexibility index (Phi) is 2.96. The van der Waals surface area contributed by atoms with Crippen LogP contribution in [0.25, 0.3) is 0 Å². The zero-order chi connectivity index (χ0) is 8.27. The van der Waals surface area contributed by atoms with Crippen molar-refractivity contribution in [1.29, 1.82) is 0 Å². The molecule has 0 aromatic heterocycles. The van der Waals surface area contributed by atoms with Gasteiger partial charge in [0.2, 0.25) is 0 Å². The summed E-state index contributed by atoms with van der Waals surface area (Å²) >= 11 is 0.735. The number of hydrogen-bond acceptors (Lipinski definition) is 2. The van der Waals surface area contributed by atoms with Gasteiger partial charge in [0.25, 0.3) is 0 Å². The SMILES string of the molecule is Fc1ccc(NSCl)c(F)c1. The zero-order valence-electron chi connectivity index (χ0n) is 5.27. The van der Waals surface area contributed by atoms with Crippen molar-refractivity contribution in [3.63, 3.8) is 0 Å². The van der Waals surface area contributed by atoms with Gasteiger partial charge in [-0.05, 0) is 22.8 Å². The maximum absolute atomic E-state index is 12.7. The first kappa shape index (κ1) is 8.62. The predicted octanol–water partition coefficient (Wildman–Crippen LogP) is 3.18. The van der Waals surface area contributed by atoms with Crippen LogP contribution in [0.3, 0.4) is 0 Å². The maximum atomic E-state index is 12.7. The van der Waals surface area contributed by atoms with Gasteiger partial charge in [0.05, 0.1) is 16.8 Å². The highest BCUT2D eigenvalue weighted by Crippen LogP contribution is 2.19. The molecule has 5 heteroatoms. The lowest BCUT2D eigenvalue weighted by molar-refractivity contribution is 0.586. The Hall–Kier alpha value is -0.480. The average molecular weight is 196 g/mol. The number of nitrogens with one attached hydrogen (secondary N) is 1. The zero-order valence-corrected chi connectivity index (χ0v) is 6.85. The van der Waals surface area contributed by atoms with Crippen LogP contribution in [0.15, 0.2) is 18.2 Å². The molecule has 0 amide bonds. The van der Waals surface area contributed by atoms with E-state index < -0.39 is 11.6 Å². The molecule has 0 radical (unpaired) electrons. The summed E-state index contributed by atoms with van der Waals surface area (Å²) in [4.78, 5) is 0. The molecule has 1 N–H and O–H groups in total. The van der Waals surface area contributed by atoms with Gasteiger partial charge in [-0.2, -0.15) is 0 Å². The normalized spacial score (nSPS) is 9.73. The maximum Gasteiger partial charge on any atom is 0.150 e. The van der Waals surface area contributed by atoms with Crippen LogP contribution in [-0.4, -0.2) is 0 Å². The van der Waals surface area contributed by atoms with Crippen LogP contribution < -0.4 is 4.72 Å². The molecule has 0 bridgehead atoms. The molecule has 0 saturated heterocycles. The van der Waals surface area contributed by atoms with Crippen LogP contribution in [-0.2, 0) is 0 Å². The van der Waals surface area contributed by atoms with E-state index in [0.717, 1.165) is 23.3 Å². The van der Waals surface area contributed by atoms with Gasteiger partial charge in [-0.1, -0.05) is 0 Å². The van der Waals surface area contributed by atoms with Crippen LogP contribution in [0.2, 0.25) is 0 Å². The van der Waals surface area contributed by atoms with Gasteiger partial charge in [0.15, 0.2) is 0 Å². The van der Waals surface area contributed by atoms with E-state index >= 15 is 0 Å². The summed E-state index contributed by atoms with van der Waals surface area (Å²) in [7, 11) is 5.19. The van der Waals surface area contributed by atoms with Crippen molar-refractivity contribution < 1.29 is 8.78 Å². The predicted molar refractivity (Wildman–Crippen MR) is 43.4 cm³/mol. The summed E-state index contributed by atoms with van der Waals surface area (Å²) in [5.74, 6) is -1.26. The molecule has 0 atom stereocenters. The van der Waals surface area contributed by atoms with Crippen LogP contribution >= 0.6 is 21.8 Å². The Bertz CT molecular complexity index is 256. The van der Waals surface area contributed by atoms with Crippen LogP contribution in [0.4, 0.5) is 14.5 Å². The third-order valence-electron chi connectivity index (χ3n) is 1.08. The van der Waals surface area contributed by atoms with E-state index in [1.54, 1.807) is 0 Å². The third kappa shape index (κ3) is 2.24. The minimum absolute atomic E-state index is 0.173. The molecule has 1 nitrogen and oxygen atoms in total. The van der Waals surface area contributed by atoms with Gasteiger partial charge >= 0.3 is 0 Å². The van der Waals surface area contributed by atoms with Gasteiger partial charge in [0, 0.05) is 6.07 Å². The van der Waals surface area contributed by atoms with E-state index in [2.05, 4.69) is 4.72 Å². The monoisotopic (exact) mass is 195 g/mol. The summed E-state index contributed by atoms with van der Waals surface area (Å²) < 4.78 is 27.4. The minimum atomic E-state index is -0.654. The summed E-state index contributed by atoms with van der Waals surface area (Å²) in [6.07, 6.45) is 0. The van der Waals surface area contributed by atoms with Crippen molar-refractivity contribution >= 4 is 27.5 Å². The molecule has 0 aliphatic carbocycles. The molecule has 0 heterocycles. The first-order valence-electron chi connectivity index (χ1n) is 2.72. The van der Waals surface area contributed by atoms with E-state index in [0.29, 0.717) is 0 Å². The van der Waals surface area contributed by atoms with Crippen LogP contribution in [0.5, 0.6) is 0 Å². The van der Waals surface area contributed by atoms with Gasteiger partial charge < -0.3 is 4.72 Å². The lowest BCUT2D eigenvalue weighted by Gasteiger charge is -2.00. The van der Waals surface area contributed by atoms with E-state index in [-0.39, 0.29) is 5.69 Å². The van der Waals surface area contributed by atoms with Crippen molar-refractivity contribution in [2.24, 2.45) is 0 Å². The average Bonchev–Trinajstić information content (AvgIpc) is 1.95. The molecule has 0 saturated carbocycles. The Morgan fingerprint density at radius 1 is 1.36 bits per heavy atom.